The number of nitrogens with zero attached hydrogens (tertiary/aromatic N) is 3. The van der Waals surface area contributed by atoms with Crippen molar-refractivity contribution in [3.63, 3.8) is 0 Å². The van der Waals surface area contributed by atoms with Gasteiger partial charge in [-0.15, -0.1) is 0 Å². The van der Waals surface area contributed by atoms with Crippen LogP contribution in [0.2, 0.25) is 0 Å². The molecule has 5 nitrogen and oxygen atoms in total. The molecule has 0 spiro atoms. The minimum Gasteiger partial charge on any atom is -0.330 e. The van der Waals surface area contributed by atoms with Crippen LogP contribution in [0.25, 0.3) is 11.3 Å². The molecule has 5 rings (SSSR count). The minimum absolute atomic E-state index is 0.0438. The van der Waals surface area contributed by atoms with Gasteiger partial charge in [0, 0.05) is 35.5 Å². The molecule has 0 bridgehead atoms. The monoisotopic (exact) mass is 382 g/mol. The lowest BCUT2D eigenvalue weighted by atomic mass is 9.90. The maximum absolute atomic E-state index is 12.9. The number of fused-ring (bicyclic) bond motifs is 2. The van der Waals surface area contributed by atoms with Crippen LogP contribution in [0.5, 0.6) is 0 Å². The van der Waals surface area contributed by atoms with E-state index in [-0.39, 0.29) is 11.3 Å². The molecule has 0 fully saturated rings. The average Bonchev–Trinajstić information content (AvgIpc) is 3.31. The summed E-state index contributed by atoms with van der Waals surface area (Å²) in [5.41, 5.74) is 8.28. The third-order valence-electron chi connectivity index (χ3n) is 5.95. The summed E-state index contributed by atoms with van der Waals surface area (Å²) in [6, 6.07) is 15.6. The Hall–Kier alpha value is -3.39. The van der Waals surface area contributed by atoms with Crippen LogP contribution in [0.3, 0.4) is 0 Å². The van der Waals surface area contributed by atoms with Crippen molar-refractivity contribution in [2.45, 2.75) is 39.8 Å². The van der Waals surface area contributed by atoms with Crippen LogP contribution in [-0.4, -0.2) is 21.0 Å². The molecular weight excluding hydrogens is 360 g/mol. The van der Waals surface area contributed by atoms with Crippen molar-refractivity contribution >= 4 is 5.91 Å². The standard InChI is InChI=1S/C24H22N4O/c1-24(2)10-20-21(11-24)26-27-22(20)17-6-7-19-18(9-17)14-28(23(19)29)13-16-5-3-4-15(8-16)12-25/h3-9H,10-11,13-14H2,1-2H3,(H,26,27). The number of nitriles is 1. The van der Waals surface area contributed by atoms with Crippen LogP contribution in [0.4, 0.5) is 0 Å². The zero-order valence-electron chi connectivity index (χ0n) is 16.6. The lowest BCUT2D eigenvalue weighted by Crippen LogP contribution is -2.23. The van der Waals surface area contributed by atoms with Crippen molar-refractivity contribution in [3.8, 4) is 17.3 Å². The van der Waals surface area contributed by atoms with Crippen LogP contribution < -0.4 is 0 Å². The van der Waals surface area contributed by atoms with Crippen molar-refractivity contribution in [3.05, 3.63) is 76.0 Å². The SMILES string of the molecule is CC1(C)Cc2[nH]nc(-c3ccc4c(c3)CN(Cc3cccc(C#N)c3)C4=O)c2C1. The van der Waals surface area contributed by atoms with E-state index < -0.39 is 0 Å². The first kappa shape index (κ1) is 17.7. The first-order valence-corrected chi connectivity index (χ1v) is 9.91. The fourth-order valence-corrected chi connectivity index (χ4v) is 4.61. The van der Waals surface area contributed by atoms with Gasteiger partial charge in [-0.1, -0.05) is 32.0 Å². The molecule has 0 unspecified atom stereocenters. The van der Waals surface area contributed by atoms with Gasteiger partial charge in [0.2, 0.25) is 0 Å². The molecule has 0 saturated carbocycles. The summed E-state index contributed by atoms with van der Waals surface area (Å²) in [5.74, 6) is 0.0438. The van der Waals surface area contributed by atoms with Gasteiger partial charge in [-0.2, -0.15) is 10.4 Å². The van der Waals surface area contributed by atoms with Gasteiger partial charge in [0.1, 0.15) is 0 Å². The van der Waals surface area contributed by atoms with Crippen LogP contribution in [0.15, 0.2) is 42.5 Å². The molecule has 144 valence electrons. The van der Waals surface area contributed by atoms with E-state index >= 15 is 0 Å². The fourth-order valence-electron chi connectivity index (χ4n) is 4.61. The van der Waals surface area contributed by atoms with Gasteiger partial charge in [-0.25, -0.2) is 0 Å². The van der Waals surface area contributed by atoms with Gasteiger partial charge < -0.3 is 4.90 Å². The number of aromatic nitrogens is 2. The number of H-pyrrole nitrogens is 1. The molecule has 1 aliphatic heterocycles. The predicted octanol–water partition coefficient (Wildman–Crippen LogP) is 4.23. The second-order valence-corrected chi connectivity index (χ2v) is 8.89. The number of aromatic amines is 1. The Morgan fingerprint density at radius 1 is 1.21 bits per heavy atom. The van der Waals surface area contributed by atoms with Crippen molar-refractivity contribution < 1.29 is 4.79 Å². The smallest absolute Gasteiger partial charge is 0.254 e. The lowest BCUT2D eigenvalue weighted by molar-refractivity contribution is 0.0766. The Bertz CT molecular complexity index is 1180. The first-order chi connectivity index (χ1) is 13.9. The highest BCUT2D eigenvalue weighted by Crippen LogP contribution is 2.40. The summed E-state index contributed by atoms with van der Waals surface area (Å²) in [4.78, 5) is 14.7. The van der Waals surface area contributed by atoms with Gasteiger partial charge in [0.05, 0.1) is 17.3 Å². The highest BCUT2D eigenvalue weighted by atomic mass is 16.2. The normalized spacial score (nSPS) is 16.6. The van der Waals surface area contributed by atoms with Crippen LogP contribution in [0, 0.1) is 16.7 Å². The van der Waals surface area contributed by atoms with E-state index in [1.54, 1.807) is 6.07 Å². The average molecular weight is 382 g/mol. The molecule has 2 aromatic carbocycles. The number of rotatable bonds is 3. The molecule has 0 radical (unpaired) electrons. The lowest BCUT2D eigenvalue weighted by Gasteiger charge is -2.15. The Morgan fingerprint density at radius 3 is 2.90 bits per heavy atom. The second kappa shape index (κ2) is 6.31. The molecule has 1 aliphatic carbocycles. The van der Waals surface area contributed by atoms with Crippen LogP contribution >= 0.6 is 0 Å². The van der Waals surface area contributed by atoms with Crippen molar-refractivity contribution in [1.29, 1.82) is 5.26 Å². The molecular formula is C24H22N4O. The third kappa shape index (κ3) is 3.01. The van der Waals surface area contributed by atoms with E-state index in [9.17, 15) is 4.79 Å². The zero-order valence-corrected chi connectivity index (χ0v) is 16.6. The number of carbonyl (C=O) groups is 1. The van der Waals surface area contributed by atoms with E-state index in [0.29, 0.717) is 18.7 Å². The second-order valence-electron chi connectivity index (χ2n) is 8.89. The predicted molar refractivity (Wildman–Crippen MR) is 110 cm³/mol. The number of nitrogens with one attached hydrogen (secondary N) is 1. The molecule has 1 aromatic heterocycles. The molecule has 3 aromatic rings. The minimum atomic E-state index is 0.0438. The first-order valence-electron chi connectivity index (χ1n) is 9.91. The quantitative estimate of drug-likeness (QED) is 0.737. The van der Waals surface area contributed by atoms with Gasteiger partial charge in [-0.05, 0) is 53.6 Å². The van der Waals surface area contributed by atoms with Gasteiger partial charge in [0.15, 0.2) is 0 Å². The van der Waals surface area contributed by atoms with Gasteiger partial charge >= 0.3 is 0 Å². The molecule has 1 N–H and O–H groups in total. The molecule has 5 heteroatoms. The maximum atomic E-state index is 12.9. The van der Waals surface area contributed by atoms with Gasteiger partial charge in [0.25, 0.3) is 5.91 Å². The largest absolute Gasteiger partial charge is 0.330 e. The number of benzene rings is 2. The van der Waals surface area contributed by atoms with Gasteiger partial charge in [-0.3, -0.25) is 9.89 Å². The molecule has 0 atom stereocenters. The number of carbonyl (C=O) groups excluding carboxylic acids is 1. The van der Waals surface area contributed by atoms with Crippen LogP contribution in [0.1, 0.15) is 52.2 Å². The Labute approximate surface area is 170 Å². The highest BCUT2D eigenvalue weighted by Gasteiger charge is 2.33. The van der Waals surface area contributed by atoms with Crippen molar-refractivity contribution in [1.82, 2.24) is 15.1 Å². The number of amides is 1. The Balaban J connectivity index is 1.42. The summed E-state index contributed by atoms with van der Waals surface area (Å²) in [5, 5.41) is 16.9. The number of hydrogen-bond acceptors (Lipinski definition) is 3. The van der Waals surface area contributed by atoms with E-state index in [1.165, 1.54) is 11.3 Å². The molecule has 2 aliphatic rings. The Morgan fingerprint density at radius 2 is 2.07 bits per heavy atom. The number of hydrogen-bond donors (Lipinski definition) is 1. The molecule has 0 saturated heterocycles. The molecule has 1 amide bonds. The summed E-state index contributed by atoms with van der Waals surface area (Å²) >= 11 is 0. The zero-order chi connectivity index (χ0) is 20.2. The van der Waals surface area contributed by atoms with E-state index in [1.807, 2.05) is 35.2 Å². The topological polar surface area (TPSA) is 72.8 Å². The summed E-state index contributed by atoms with van der Waals surface area (Å²) in [6.45, 7) is 5.65. The summed E-state index contributed by atoms with van der Waals surface area (Å²) in [7, 11) is 0. The maximum Gasteiger partial charge on any atom is 0.254 e. The van der Waals surface area contributed by atoms with E-state index in [0.717, 1.165) is 40.8 Å². The Kier molecular flexibility index (Phi) is 3.85. The van der Waals surface area contributed by atoms with E-state index in [2.05, 4.69) is 36.2 Å². The van der Waals surface area contributed by atoms with Crippen LogP contribution in [-0.2, 0) is 25.9 Å². The summed E-state index contributed by atoms with van der Waals surface area (Å²) in [6.07, 6.45) is 2.04. The van der Waals surface area contributed by atoms with Crippen molar-refractivity contribution in [2.24, 2.45) is 5.41 Å². The molecule has 29 heavy (non-hydrogen) atoms. The van der Waals surface area contributed by atoms with Crippen molar-refractivity contribution in [2.75, 3.05) is 0 Å². The third-order valence-corrected chi connectivity index (χ3v) is 5.95. The van der Waals surface area contributed by atoms with E-state index in [4.69, 9.17) is 5.26 Å². The molecule has 2 heterocycles. The summed E-state index contributed by atoms with van der Waals surface area (Å²) < 4.78 is 0. The highest BCUT2D eigenvalue weighted by molar-refractivity contribution is 5.99. The fraction of sp³-hybridized carbons (Fsp3) is 0.292.